The molecule has 0 spiro atoms. The van der Waals surface area contributed by atoms with E-state index in [0.717, 1.165) is 25.9 Å². The van der Waals surface area contributed by atoms with Crippen LogP contribution in [0.2, 0.25) is 0 Å². The summed E-state index contributed by atoms with van der Waals surface area (Å²) in [4.78, 5) is 15.9. The van der Waals surface area contributed by atoms with E-state index < -0.39 is 0 Å². The minimum Gasteiger partial charge on any atom is -0.389 e. The summed E-state index contributed by atoms with van der Waals surface area (Å²) in [6, 6.07) is 1.71. The van der Waals surface area contributed by atoms with Crippen molar-refractivity contribution in [2.45, 2.75) is 12.8 Å². The number of carbonyl (C=O) groups excluding carboxylic acids is 1. The third-order valence-electron chi connectivity index (χ3n) is 3.16. The van der Waals surface area contributed by atoms with Crippen molar-refractivity contribution >= 4 is 28.9 Å². The first kappa shape index (κ1) is 13.7. The Morgan fingerprint density at radius 3 is 2.84 bits per heavy atom. The number of aromatic nitrogens is 2. The van der Waals surface area contributed by atoms with E-state index in [1.54, 1.807) is 18.0 Å². The van der Waals surface area contributed by atoms with E-state index in [-0.39, 0.29) is 17.4 Å². The van der Waals surface area contributed by atoms with Crippen molar-refractivity contribution in [2.75, 3.05) is 31.6 Å². The maximum absolute atomic E-state index is 12.1. The molecule has 2 rings (SSSR count). The molecule has 0 bridgehead atoms. The number of likely N-dealkylation sites (tertiary alicyclic amines) is 1. The van der Waals surface area contributed by atoms with Crippen LogP contribution in [-0.2, 0) is 4.79 Å². The van der Waals surface area contributed by atoms with Crippen molar-refractivity contribution in [2.24, 2.45) is 5.73 Å². The molecule has 1 fully saturated rings. The molecule has 7 heteroatoms. The summed E-state index contributed by atoms with van der Waals surface area (Å²) in [5, 5.41) is 7.84. The van der Waals surface area contributed by atoms with Crippen LogP contribution in [-0.4, -0.2) is 52.7 Å². The third-order valence-corrected chi connectivity index (χ3v) is 3.38. The average Bonchev–Trinajstić information content (AvgIpc) is 2.92. The molecular formula is C12H17N5OS. The first-order valence-electron chi connectivity index (χ1n) is 6.20. The zero-order valence-electron chi connectivity index (χ0n) is 10.9. The highest BCUT2D eigenvalue weighted by atomic mass is 32.1. The van der Waals surface area contributed by atoms with Gasteiger partial charge < -0.3 is 15.5 Å². The van der Waals surface area contributed by atoms with Gasteiger partial charge in [0.1, 0.15) is 4.99 Å². The van der Waals surface area contributed by atoms with E-state index in [1.807, 2.05) is 4.90 Å². The molecule has 1 aliphatic rings. The monoisotopic (exact) mass is 279 g/mol. The highest BCUT2D eigenvalue weighted by Crippen LogP contribution is 2.15. The predicted octanol–water partition coefficient (Wildman–Crippen LogP) is 0.169. The number of hydrogen-bond donors (Lipinski definition) is 1. The minimum absolute atomic E-state index is 0.0968. The second-order valence-electron chi connectivity index (χ2n) is 4.58. The van der Waals surface area contributed by atoms with Crippen molar-refractivity contribution in [3.05, 3.63) is 17.8 Å². The van der Waals surface area contributed by atoms with Crippen LogP contribution in [0.25, 0.3) is 0 Å². The lowest BCUT2D eigenvalue weighted by molar-refractivity contribution is -0.128. The lowest BCUT2D eigenvalue weighted by atomic mass is 10.2. The minimum atomic E-state index is 0.0968. The zero-order chi connectivity index (χ0) is 13.8. The number of nitrogens with two attached hydrogens (primary N) is 1. The Morgan fingerprint density at radius 2 is 2.21 bits per heavy atom. The molecule has 0 aliphatic carbocycles. The van der Waals surface area contributed by atoms with Crippen molar-refractivity contribution in [1.82, 2.24) is 15.1 Å². The topological polar surface area (TPSA) is 75.4 Å². The van der Waals surface area contributed by atoms with E-state index >= 15 is 0 Å². The molecule has 102 valence electrons. The largest absolute Gasteiger partial charge is 0.389 e. The molecule has 0 aromatic carbocycles. The number of thiocarbonyl (C=S) groups is 1. The SMILES string of the molecule is CN(CC(=O)N1CCCC1)c1nnccc1C(N)=S. The molecule has 0 radical (unpaired) electrons. The summed E-state index contributed by atoms with van der Waals surface area (Å²) in [5.41, 5.74) is 6.29. The molecule has 1 aromatic rings. The smallest absolute Gasteiger partial charge is 0.242 e. The molecule has 1 aliphatic heterocycles. The molecule has 0 unspecified atom stereocenters. The van der Waals surface area contributed by atoms with Crippen LogP contribution in [0.5, 0.6) is 0 Å². The number of amides is 1. The van der Waals surface area contributed by atoms with E-state index in [2.05, 4.69) is 10.2 Å². The van der Waals surface area contributed by atoms with Crippen molar-refractivity contribution in [1.29, 1.82) is 0 Å². The number of likely N-dealkylation sites (N-methyl/N-ethyl adjacent to an activating group) is 1. The van der Waals surface area contributed by atoms with Gasteiger partial charge in [0.15, 0.2) is 5.82 Å². The van der Waals surface area contributed by atoms with Crippen LogP contribution in [0.1, 0.15) is 18.4 Å². The highest BCUT2D eigenvalue weighted by Gasteiger charge is 2.21. The quantitative estimate of drug-likeness (QED) is 0.792. The van der Waals surface area contributed by atoms with Gasteiger partial charge in [0.25, 0.3) is 0 Å². The standard InChI is InChI=1S/C12H17N5OS/c1-16(8-10(18)17-6-2-3-7-17)12-9(11(13)19)4-5-14-15-12/h4-5H,2-3,6-8H2,1H3,(H2,13,19). The number of hydrogen-bond acceptors (Lipinski definition) is 5. The van der Waals surface area contributed by atoms with Crippen LogP contribution >= 0.6 is 12.2 Å². The molecule has 0 atom stereocenters. The fourth-order valence-electron chi connectivity index (χ4n) is 2.14. The Morgan fingerprint density at radius 1 is 1.53 bits per heavy atom. The Hall–Kier alpha value is -1.76. The third kappa shape index (κ3) is 3.17. The number of carbonyl (C=O) groups is 1. The maximum Gasteiger partial charge on any atom is 0.242 e. The van der Waals surface area contributed by atoms with Gasteiger partial charge in [0, 0.05) is 20.1 Å². The first-order valence-corrected chi connectivity index (χ1v) is 6.61. The molecule has 1 aromatic heterocycles. The number of anilines is 1. The lowest BCUT2D eigenvalue weighted by Crippen LogP contribution is -2.38. The number of rotatable bonds is 4. The normalized spacial score (nSPS) is 14.5. The van der Waals surface area contributed by atoms with Crippen molar-refractivity contribution < 1.29 is 4.79 Å². The molecule has 1 saturated heterocycles. The van der Waals surface area contributed by atoms with Crippen LogP contribution in [0, 0.1) is 0 Å². The summed E-state index contributed by atoms with van der Waals surface area (Å²) >= 11 is 4.98. The summed E-state index contributed by atoms with van der Waals surface area (Å²) in [6.45, 7) is 1.94. The lowest BCUT2D eigenvalue weighted by Gasteiger charge is -2.22. The van der Waals surface area contributed by atoms with Gasteiger partial charge in [0.2, 0.25) is 5.91 Å². The molecule has 19 heavy (non-hydrogen) atoms. The van der Waals surface area contributed by atoms with Gasteiger partial charge in [-0.1, -0.05) is 12.2 Å². The van der Waals surface area contributed by atoms with Gasteiger partial charge >= 0.3 is 0 Å². The van der Waals surface area contributed by atoms with Crippen LogP contribution in [0.4, 0.5) is 5.82 Å². The Labute approximate surface area is 117 Å². The van der Waals surface area contributed by atoms with E-state index in [9.17, 15) is 4.79 Å². The van der Waals surface area contributed by atoms with Gasteiger partial charge in [-0.05, 0) is 18.9 Å². The Bertz CT molecular complexity index is 487. The van der Waals surface area contributed by atoms with Crippen LogP contribution in [0.15, 0.2) is 12.3 Å². The second-order valence-corrected chi connectivity index (χ2v) is 5.02. The molecule has 2 heterocycles. The fraction of sp³-hybridized carbons (Fsp3) is 0.500. The Balaban J connectivity index is 2.09. The summed E-state index contributed by atoms with van der Waals surface area (Å²) in [5.74, 6) is 0.641. The Kier molecular flexibility index (Phi) is 4.26. The van der Waals surface area contributed by atoms with Gasteiger partial charge in [-0.2, -0.15) is 5.10 Å². The number of nitrogens with zero attached hydrogens (tertiary/aromatic N) is 4. The second kappa shape index (κ2) is 5.92. The molecular weight excluding hydrogens is 262 g/mol. The zero-order valence-corrected chi connectivity index (χ0v) is 11.7. The summed E-state index contributed by atoms with van der Waals surface area (Å²) < 4.78 is 0. The van der Waals surface area contributed by atoms with E-state index in [4.69, 9.17) is 18.0 Å². The van der Waals surface area contributed by atoms with Gasteiger partial charge in [-0.25, -0.2) is 0 Å². The van der Waals surface area contributed by atoms with Gasteiger partial charge in [0.05, 0.1) is 18.3 Å². The van der Waals surface area contributed by atoms with Gasteiger partial charge in [-0.3, -0.25) is 4.79 Å². The van der Waals surface area contributed by atoms with Crippen LogP contribution in [0.3, 0.4) is 0 Å². The average molecular weight is 279 g/mol. The highest BCUT2D eigenvalue weighted by molar-refractivity contribution is 7.80. The summed E-state index contributed by atoms with van der Waals surface area (Å²) in [6.07, 6.45) is 3.70. The first-order chi connectivity index (χ1) is 9.09. The fourth-order valence-corrected chi connectivity index (χ4v) is 2.30. The molecule has 6 nitrogen and oxygen atoms in total. The van der Waals surface area contributed by atoms with Gasteiger partial charge in [-0.15, -0.1) is 5.10 Å². The van der Waals surface area contributed by atoms with Crippen molar-refractivity contribution in [3.63, 3.8) is 0 Å². The van der Waals surface area contributed by atoms with Crippen molar-refractivity contribution in [3.8, 4) is 0 Å². The molecule has 0 saturated carbocycles. The molecule has 1 amide bonds. The van der Waals surface area contributed by atoms with E-state index in [0.29, 0.717) is 11.4 Å². The predicted molar refractivity (Wildman–Crippen MR) is 77.0 cm³/mol. The van der Waals surface area contributed by atoms with Crippen LogP contribution < -0.4 is 10.6 Å². The van der Waals surface area contributed by atoms with E-state index in [1.165, 1.54) is 6.20 Å². The maximum atomic E-state index is 12.1. The summed E-state index contributed by atoms with van der Waals surface area (Å²) in [7, 11) is 1.79. The molecule has 2 N–H and O–H groups in total.